The Kier molecular flexibility index (Phi) is 6.81. The number of nitrogens with zero attached hydrogens (tertiary/aromatic N) is 3. The van der Waals surface area contributed by atoms with Crippen molar-refractivity contribution in [1.82, 2.24) is 20.6 Å². The summed E-state index contributed by atoms with van der Waals surface area (Å²) < 4.78 is 5.86. The molecule has 3 N–H and O–H groups in total. The maximum Gasteiger partial charge on any atom is 0.331 e. The standard InChI is InChI=1S/C29H28N6O4S/c1-16-14-23(39-18-8-4-3-5-9-18)31-15-22(16)35-21-12-13-30-28-24(21)25(34-29(35)38)26(40-28)27(37)33-20-11-7-6-10-19(20)32-17(2)36/h3-5,8-9,12-15,19-20H,6-7,10-11H2,1-2H3,(H,32,36)(H,33,37)(H,34,38)/t19?,20-/m1/s1. The van der Waals surface area contributed by atoms with E-state index in [4.69, 9.17) is 4.74 Å². The summed E-state index contributed by atoms with van der Waals surface area (Å²) in [5, 5.41) is 9.70. The second kappa shape index (κ2) is 10.6. The average Bonchev–Trinajstić information content (AvgIpc) is 3.30. The summed E-state index contributed by atoms with van der Waals surface area (Å²) in [4.78, 5) is 50.2. The molecule has 1 unspecified atom stereocenters. The van der Waals surface area contributed by atoms with Crippen molar-refractivity contribution in [2.45, 2.75) is 51.6 Å². The molecule has 1 aromatic carbocycles. The van der Waals surface area contributed by atoms with Crippen LogP contribution >= 0.6 is 11.3 Å². The van der Waals surface area contributed by atoms with Gasteiger partial charge in [-0.05, 0) is 43.5 Å². The number of pyridine rings is 2. The van der Waals surface area contributed by atoms with E-state index >= 15 is 0 Å². The number of ether oxygens (including phenoxy) is 1. The number of hydrogen-bond donors (Lipinski definition) is 3. The summed E-state index contributed by atoms with van der Waals surface area (Å²) >= 11 is 1.23. The number of thiophene rings is 1. The number of amides is 4. The summed E-state index contributed by atoms with van der Waals surface area (Å²) in [5.74, 6) is 0.674. The molecule has 2 aliphatic rings. The van der Waals surface area contributed by atoms with E-state index in [2.05, 4.69) is 25.9 Å². The second-order valence-electron chi connectivity index (χ2n) is 9.98. The van der Waals surface area contributed by atoms with Crippen LogP contribution in [-0.4, -0.2) is 39.9 Å². The van der Waals surface area contributed by atoms with Crippen molar-refractivity contribution in [1.29, 1.82) is 0 Å². The highest BCUT2D eigenvalue weighted by atomic mass is 32.1. The molecule has 2 atom stereocenters. The highest BCUT2D eigenvalue weighted by Gasteiger charge is 2.35. The Morgan fingerprint density at radius 1 is 1.05 bits per heavy atom. The Balaban J connectivity index is 1.31. The van der Waals surface area contributed by atoms with Gasteiger partial charge in [0, 0.05) is 31.3 Å². The first-order valence-corrected chi connectivity index (χ1v) is 14.0. The van der Waals surface area contributed by atoms with Crippen molar-refractivity contribution in [3.8, 4) is 11.6 Å². The number of benzene rings is 1. The predicted octanol–water partition coefficient (Wildman–Crippen LogP) is 5.65. The molecular formula is C29H28N6O4S. The van der Waals surface area contributed by atoms with Crippen LogP contribution in [0.25, 0.3) is 10.2 Å². The average molecular weight is 557 g/mol. The van der Waals surface area contributed by atoms with E-state index in [1.165, 1.54) is 18.3 Å². The Morgan fingerprint density at radius 2 is 1.80 bits per heavy atom. The van der Waals surface area contributed by atoms with Gasteiger partial charge in [-0.15, -0.1) is 11.3 Å². The minimum Gasteiger partial charge on any atom is -0.439 e. The Labute approximate surface area is 234 Å². The fraction of sp³-hybridized carbons (Fsp3) is 0.276. The second-order valence-corrected chi connectivity index (χ2v) is 11.0. The van der Waals surface area contributed by atoms with Crippen LogP contribution in [0.5, 0.6) is 11.6 Å². The number of hydrogen-bond acceptors (Lipinski definition) is 7. The van der Waals surface area contributed by atoms with Crippen LogP contribution in [0.15, 0.2) is 54.9 Å². The first kappa shape index (κ1) is 25.8. The van der Waals surface area contributed by atoms with E-state index in [1.54, 1.807) is 29.4 Å². The van der Waals surface area contributed by atoms with E-state index in [0.717, 1.165) is 31.2 Å². The predicted molar refractivity (Wildman–Crippen MR) is 154 cm³/mol. The molecule has 1 fully saturated rings. The molecule has 0 saturated heterocycles. The minimum atomic E-state index is -0.400. The zero-order chi connectivity index (χ0) is 27.8. The quantitative estimate of drug-likeness (QED) is 0.282. The molecule has 4 aromatic rings. The van der Waals surface area contributed by atoms with E-state index in [-0.39, 0.29) is 23.9 Å². The van der Waals surface area contributed by atoms with Gasteiger partial charge in [-0.1, -0.05) is 31.0 Å². The third kappa shape index (κ3) is 4.84. The fourth-order valence-electron chi connectivity index (χ4n) is 5.38. The molecule has 3 aromatic heterocycles. The van der Waals surface area contributed by atoms with E-state index in [0.29, 0.717) is 43.8 Å². The normalized spacial score (nSPS) is 18.2. The number of carbonyl (C=O) groups is 3. The topological polar surface area (TPSA) is 126 Å². The largest absolute Gasteiger partial charge is 0.439 e. The summed E-state index contributed by atoms with van der Waals surface area (Å²) in [6.45, 7) is 3.37. The number of urea groups is 1. The lowest BCUT2D eigenvalue weighted by atomic mass is 9.90. The van der Waals surface area contributed by atoms with Gasteiger partial charge >= 0.3 is 6.03 Å². The molecule has 0 bridgehead atoms. The summed E-state index contributed by atoms with van der Waals surface area (Å²) in [6, 6.07) is 12.2. The molecule has 0 radical (unpaired) electrons. The lowest BCUT2D eigenvalue weighted by Gasteiger charge is -2.32. The maximum atomic E-state index is 13.5. The first-order chi connectivity index (χ1) is 19.4. The van der Waals surface area contributed by atoms with Crippen molar-refractivity contribution < 1.29 is 19.1 Å². The fourth-order valence-corrected chi connectivity index (χ4v) is 6.40. The van der Waals surface area contributed by atoms with Gasteiger partial charge in [0.1, 0.15) is 15.5 Å². The number of para-hydroxylation sites is 1. The molecule has 40 heavy (non-hydrogen) atoms. The molecule has 1 aliphatic heterocycles. The monoisotopic (exact) mass is 556 g/mol. The van der Waals surface area contributed by atoms with Gasteiger partial charge in [0.2, 0.25) is 11.8 Å². The van der Waals surface area contributed by atoms with E-state index in [1.807, 2.05) is 37.3 Å². The Bertz CT molecular complexity index is 1620. The van der Waals surface area contributed by atoms with Gasteiger partial charge in [-0.25, -0.2) is 14.8 Å². The number of aromatic nitrogens is 2. The van der Waals surface area contributed by atoms with Crippen LogP contribution < -0.4 is 25.6 Å². The van der Waals surface area contributed by atoms with Crippen LogP contribution in [0.3, 0.4) is 0 Å². The Hall–Kier alpha value is -4.51. The molecule has 4 amide bonds. The van der Waals surface area contributed by atoms with Gasteiger partial charge in [-0.3, -0.25) is 14.5 Å². The lowest BCUT2D eigenvalue weighted by Crippen LogP contribution is -2.52. The molecular weight excluding hydrogens is 528 g/mol. The highest BCUT2D eigenvalue weighted by molar-refractivity contribution is 7.21. The molecule has 10 nitrogen and oxygen atoms in total. The Morgan fingerprint density at radius 3 is 2.52 bits per heavy atom. The van der Waals surface area contributed by atoms with Gasteiger partial charge in [0.15, 0.2) is 0 Å². The van der Waals surface area contributed by atoms with E-state index in [9.17, 15) is 14.4 Å². The molecule has 0 spiro atoms. The van der Waals surface area contributed by atoms with Gasteiger partial charge in [0.25, 0.3) is 5.91 Å². The van der Waals surface area contributed by atoms with Crippen molar-refractivity contribution in [3.05, 3.63) is 65.3 Å². The molecule has 4 heterocycles. The third-order valence-corrected chi connectivity index (χ3v) is 8.28. The molecule has 11 heteroatoms. The van der Waals surface area contributed by atoms with Crippen LogP contribution in [0.2, 0.25) is 0 Å². The van der Waals surface area contributed by atoms with Gasteiger partial charge in [-0.2, -0.15) is 0 Å². The summed E-state index contributed by atoms with van der Waals surface area (Å²) in [7, 11) is 0. The number of carbonyl (C=O) groups excluding carboxylic acids is 3. The number of nitrogens with one attached hydrogen (secondary N) is 3. The van der Waals surface area contributed by atoms with E-state index < -0.39 is 6.03 Å². The van der Waals surface area contributed by atoms with Crippen molar-refractivity contribution in [2.24, 2.45) is 0 Å². The highest BCUT2D eigenvalue weighted by Crippen LogP contribution is 2.46. The third-order valence-electron chi connectivity index (χ3n) is 7.19. The summed E-state index contributed by atoms with van der Waals surface area (Å²) in [6.07, 6.45) is 6.80. The van der Waals surface area contributed by atoms with Crippen molar-refractivity contribution in [3.63, 3.8) is 0 Å². The minimum absolute atomic E-state index is 0.117. The zero-order valence-electron chi connectivity index (χ0n) is 22.1. The summed E-state index contributed by atoms with van der Waals surface area (Å²) in [5.41, 5.74) is 2.45. The maximum absolute atomic E-state index is 13.5. The van der Waals surface area contributed by atoms with Crippen LogP contribution in [0.4, 0.5) is 21.9 Å². The van der Waals surface area contributed by atoms with Gasteiger partial charge < -0.3 is 20.7 Å². The zero-order valence-corrected chi connectivity index (χ0v) is 22.9. The number of aryl methyl sites for hydroxylation is 1. The van der Waals surface area contributed by atoms with Crippen LogP contribution in [-0.2, 0) is 4.79 Å². The number of rotatable bonds is 6. The lowest BCUT2D eigenvalue weighted by molar-refractivity contribution is -0.120. The number of anilines is 3. The molecule has 204 valence electrons. The van der Waals surface area contributed by atoms with Crippen molar-refractivity contribution in [2.75, 3.05) is 10.2 Å². The smallest absolute Gasteiger partial charge is 0.331 e. The van der Waals surface area contributed by atoms with Crippen LogP contribution in [0.1, 0.15) is 47.8 Å². The van der Waals surface area contributed by atoms with Crippen molar-refractivity contribution >= 4 is 56.5 Å². The van der Waals surface area contributed by atoms with Crippen LogP contribution in [0, 0.1) is 6.92 Å². The van der Waals surface area contributed by atoms with Gasteiger partial charge in [0.05, 0.1) is 28.6 Å². The molecule has 1 aliphatic carbocycles. The molecule has 6 rings (SSSR count). The molecule has 1 saturated carbocycles. The SMILES string of the molecule is CC(=O)NC1CCCC[C@H]1NC(=O)c1sc2nccc3c2c1NC(=O)N3c1cnc(Oc2ccccc2)cc1C. The first-order valence-electron chi connectivity index (χ1n) is 13.2.